The van der Waals surface area contributed by atoms with Gasteiger partial charge in [-0.15, -0.1) is 0 Å². The number of hydrogen-bond donors (Lipinski definition) is 1. The minimum absolute atomic E-state index is 0.0261. The summed E-state index contributed by atoms with van der Waals surface area (Å²) in [6, 6.07) is 9.52. The van der Waals surface area contributed by atoms with Gasteiger partial charge in [0.1, 0.15) is 6.54 Å². The number of aromatic nitrogens is 5. The molecule has 4 heterocycles. The van der Waals surface area contributed by atoms with E-state index < -0.39 is 17.2 Å². The van der Waals surface area contributed by atoms with Gasteiger partial charge in [-0.2, -0.15) is 4.98 Å². The first-order chi connectivity index (χ1) is 18.8. The molecular weight excluding hydrogens is 498 g/mol. The van der Waals surface area contributed by atoms with Gasteiger partial charge in [0.2, 0.25) is 5.95 Å². The maximum Gasteiger partial charge on any atom is 0.333 e. The number of rotatable bonds is 7. The average molecular weight is 532 g/mol. The van der Waals surface area contributed by atoms with Gasteiger partial charge >= 0.3 is 11.7 Å². The normalized spacial score (nSPS) is 15.6. The Balaban J connectivity index is 1.78. The zero-order valence-electron chi connectivity index (χ0n) is 22.5. The summed E-state index contributed by atoms with van der Waals surface area (Å²) in [5, 5.41) is 1.79. The second-order valence-electron chi connectivity index (χ2n) is 10.1. The fourth-order valence-corrected chi connectivity index (χ4v) is 5.09. The number of fused-ring (bicyclic) bond motifs is 2. The van der Waals surface area contributed by atoms with Gasteiger partial charge in [-0.3, -0.25) is 23.7 Å². The van der Waals surface area contributed by atoms with Gasteiger partial charge in [0, 0.05) is 37.3 Å². The first-order valence-corrected chi connectivity index (χ1v) is 13.1. The molecule has 0 spiro atoms. The molecule has 4 aromatic rings. The summed E-state index contributed by atoms with van der Waals surface area (Å²) in [5.41, 5.74) is 7.16. The summed E-state index contributed by atoms with van der Waals surface area (Å²) in [6.07, 6.45) is 5.45. The predicted molar refractivity (Wildman–Crippen MR) is 150 cm³/mol. The van der Waals surface area contributed by atoms with E-state index in [2.05, 4.69) is 9.88 Å². The molecule has 0 bridgehead atoms. The molecule has 1 aromatic carbocycles. The number of methoxy groups -OCH3 is 1. The number of carbonyl (C=O) groups is 1. The maximum absolute atomic E-state index is 14.1. The quantitative estimate of drug-likeness (QED) is 0.283. The molecule has 11 heteroatoms. The fraction of sp³-hybridized carbons (Fsp3) is 0.393. The van der Waals surface area contributed by atoms with E-state index in [1.807, 2.05) is 54.8 Å². The predicted octanol–water partition coefficient (Wildman–Crippen LogP) is 2.02. The Morgan fingerprint density at radius 3 is 2.69 bits per heavy atom. The Morgan fingerprint density at radius 1 is 1.15 bits per heavy atom. The number of allylic oxidation sites excluding steroid dienone is 2. The van der Waals surface area contributed by atoms with Crippen LogP contribution in [0.15, 0.2) is 57.8 Å². The average Bonchev–Trinajstić information content (AvgIpc) is 3.31. The lowest BCUT2D eigenvalue weighted by atomic mass is 10.1. The van der Waals surface area contributed by atoms with Crippen LogP contribution in [0.5, 0.6) is 0 Å². The molecule has 1 saturated heterocycles. The summed E-state index contributed by atoms with van der Waals surface area (Å²) in [6.45, 7) is 5.19. The molecule has 2 N–H and O–H groups in total. The Hall–Kier alpha value is -4.25. The Kier molecular flexibility index (Phi) is 7.34. The third-order valence-electron chi connectivity index (χ3n) is 7.10. The largest absolute Gasteiger partial charge is 0.468 e. The smallest absolute Gasteiger partial charge is 0.333 e. The zero-order chi connectivity index (χ0) is 27.7. The number of ether oxygens (including phenoxy) is 1. The monoisotopic (exact) mass is 531 g/mol. The fourth-order valence-electron chi connectivity index (χ4n) is 5.09. The Morgan fingerprint density at radius 2 is 1.95 bits per heavy atom. The zero-order valence-corrected chi connectivity index (χ0v) is 22.5. The summed E-state index contributed by atoms with van der Waals surface area (Å²) in [5.74, 6) is -0.0684. The van der Waals surface area contributed by atoms with E-state index in [4.69, 9.17) is 15.5 Å². The van der Waals surface area contributed by atoms with Gasteiger partial charge in [0.05, 0.1) is 19.3 Å². The van der Waals surface area contributed by atoms with Crippen LogP contribution < -0.4 is 21.9 Å². The Labute approximate surface area is 225 Å². The molecule has 1 aliphatic rings. The number of nitrogens with zero attached hydrogens (tertiary/aromatic N) is 6. The first-order valence-electron chi connectivity index (χ1n) is 13.1. The van der Waals surface area contributed by atoms with E-state index in [1.165, 1.54) is 11.7 Å². The topological polar surface area (TPSA) is 130 Å². The van der Waals surface area contributed by atoms with Crippen LogP contribution in [0.2, 0.25) is 0 Å². The SMILES string of the molecule is COC(=O)Cn1c(=O)n(Cc2nccc3ccccc23)c(=O)c2c1nc(N1CCCC(N)C1)n2CC=C(C)C. The lowest BCUT2D eigenvalue weighted by Crippen LogP contribution is -2.44. The molecule has 1 fully saturated rings. The summed E-state index contributed by atoms with van der Waals surface area (Å²) >= 11 is 0. The number of imidazole rings is 1. The molecule has 3 aromatic heterocycles. The van der Waals surface area contributed by atoms with E-state index in [0.29, 0.717) is 24.7 Å². The van der Waals surface area contributed by atoms with Gasteiger partial charge in [-0.05, 0) is 38.1 Å². The number of pyridine rings is 1. The Bertz CT molecular complexity index is 1690. The van der Waals surface area contributed by atoms with Crippen molar-refractivity contribution in [2.75, 3.05) is 25.1 Å². The highest BCUT2D eigenvalue weighted by Gasteiger charge is 2.27. The van der Waals surface area contributed by atoms with E-state index in [1.54, 1.807) is 6.20 Å². The van der Waals surface area contributed by atoms with Gasteiger partial charge in [-0.1, -0.05) is 35.9 Å². The molecule has 0 amide bonds. The van der Waals surface area contributed by atoms with E-state index in [9.17, 15) is 14.4 Å². The molecule has 1 atom stereocenters. The minimum atomic E-state index is -0.651. The van der Waals surface area contributed by atoms with Crippen molar-refractivity contribution in [3.63, 3.8) is 0 Å². The highest BCUT2D eigenvalue weighted by Crippen LogP contribution is 2.24. The van der Waals surface area contributed by atoms with E-state index in [-0.39, 0.29) is 30.3 Å². The number of esters is 1. The minimum Gasteiger partial charge on any atom is -0.468 e. The van der Waals surface area contributed by atoms with Crippen LogP contribution in [0.25, 0.3) is 21.9 Å². The molecule has 1 aliphatic heterocycles. The van der Waals surface area contributed by atoms with Crippen LogP contribution in [0.3, 0.4) is 0 Å². The summed E-state index contributed by atoms with van der Waals surface area (Å²) < 4.78 is 9.06. The molecule has 204 valence electrons. The van der Waals surface area contributed by atoms with Crippen molar-refractivity contribution < 1.29 is 9.53 Å². The highest BCUT2D eigenvalue weighted by molar-refractivity contribution is 5.84. The lowest BCUT2D eigenvalue weighted by molar-refractivity contribution is -0.141. The second-order valence-corrected chi connectivity index (χ2v) is 10.1. The number of hydrogen-bond acceptors (Lipinski definition) is 8. The standard InChI is InChI=1S/C28H33N7O4/c1-18(2)11-14-33-24-25(31-27(33)32-13-6-8-20(29)15-32)34(17-23(36)39-3)28(38)35(26(24)37)16-22-21-9-5-4-7-19(21)10-12-30-22/h4-5,7,9-12,20H,6,8,13-17,29H2,1-3H3. The van der Waals surface area contributed by atoms with Crippen LogP contribution in [-0.2, 0) is 29.2 Å². The second kappa shape index (κ2) is 10.9. The number of carbonyl (C=O) groups excluding carboxylic acids is 1. The van der Waals surface area contributed by atoms with Crippen LogP contribution in [0.1, 0.15) is 32.4 Å². The molecule has 11 nitrogen and oxygen atoms in total. The summed E-state index contributed by atoms with van der Waals surface area (Å²) in [4.78, 5) is 51.6. The van der Waals surface area contributed by atoms with Gasteiger partial charge in [0.25, 0.3) is 5.56 Å². The van der Waals surface area contributed by atoms with Gasteiger partial charge < -0.3 is 19.9 Å². The van der Waals surface area contributed by atoms with Crippen molar-refractivity contribution >= 4 is 33.9 Å². The third-order valence-corrected chi connectivity index (χ3v) is 7.10. The van der Waals surface area contributed by atoms with Crippen molar-refractivity contribution in [1.82, 2.24) is 23.7 Å². The number of anilines is 1. The molecule has 0 saturated carbocycles. The molecule has 0 aliphatic carbocycles. The first kappa shape index (κ1) is 26.4. The van der Waals surface area contributed by atoms with Crippen molar-refractivity contribution in [3.05, 3.63) is 74.7 Å². The molecule has 0 radical (unpaired) electrons. The van der Waals surface area contributed by atoms with Crippen LogP contribution in [0, 0.1) is 0 Å². The van der Waals surface area contributed by atoms with E-state index in [0.717, 1.165) is 40.3 Å². The van der Waals surface area contributed by atoms with Crippen LogP contribution >= 0.6 is 0 Å². The number of nitrogens with two attached hydrogens (primary N) is 1. The maximum atomic E-state index is 14.1. The van der Waals surface area contributed by atoms with Crippen molar-refractivity contribution in [2.45, 2.75) is 52.4 Å². The lowest BCUT2D eigenvalue weighted by Gasteiger charge is -2.31. The van der Waals surface area contributed by atoms with Crippen molar-refractivity contribution in [1.29, 1.82) is 0 Å². The van der Waals surface area contributed by atoms with Gasteiger partial charge in [0.15, 0.2) is 11.2 Å². The van der Waals surface area contributed by atoms with Crippen LogP contribution in [-0.4, -0.2) is 55.9 Å². The molecule has 1 unspecified atom stereocenters. The van der Waals surface area contributed by atoms with Crippen LogP contribution in [0.4, 0.5) is 5.95 Å². The third kappa shape index (κ3) is 5.09. The number of piperidine rings is 1. The van der Waals surface area contributed by atoms with Gasteiger partial charge in [-0.25, -0.2) is 4.79 Å². The molecule has 39 heavy (non-hydrogen) atoms. The van der Waals surface area contributed by atoms with Crippen molar-refractivity contribution in [3.8, 4) is 0 Å². The van der Waals surface area contributed by atoms with Crippen molar-refractivity contribution in [2.24, 2.45) is 5.73 Å². The molecule has 5 rings (SSSR count). The molecular formula is C28H33N7O4. The number of benzene rings is 1. The highest BCUT2D eigenvalue weighted by atomic mass is 16.5. The summed E-state index contributed by atoms with van der Waals surface area (Å²) in [7, 11) is 1.26. The van der Waals surface area contributed by atoms with E-state index >= 15 is 0 Å².